The number of fused-ring (bicyclic) bond motifs is 1. The van der Waals surface area contributed by atoms with E-state index in [-0.39, 0.29) is 34.6 Å². The summed E-state index contributed by atoms with van der Waals surface area (Å²) in [7, 11) is 0. The number of carboxylic acids is 1. The summed E-state index contributed by atoms with van der Waals surface area (Å²) in [4.78, 5) is 12.1. The largest absolute Gasteiger partial charge is 0.481 e. The van der Waals surface area contributed by atoms with Crippen molar-refractivity contribution in [1.82, 2.24) is 0 Å². The predicted octanol–water partition coefficient (Wildman–Crippen LogP) is 3.22. The van der Waals surface area contributed by atoms with Crippen LogP contribution in [0.2, 0.25) is 0 Å². The van der Waals surface area contributed by atoms with E-state index in [1.165, 1.54) is 0 Å². The lowest BCUT2D eigenvalue weighted by atomic mass is 9.40. The van der Waals surface area contributed by atoms with E-state index in [9.17, 15) is 15.0 Å². The number of carboxylic acid groups (broad SMARTS) is 1. The Morgan fingerprint density at radius 1 is 1.17 bits per heavy atom. The lowest BCUT2D eigenvalue weighted by Crippen LogP contribution is -2.66. The second-order valence-corrected chi connectivity index (χ2v) is 10.3. The summed E-state index contributed by atoms with van der Waals surface area (Å²) in [6.45, 7) is 6.41. The molecule has 6 rings (SSSR count). The number of hydrogen-bond donors (Lipinski definition) is 2. The van der Waals surface area contributed by atoms with Gasteiger partial charge < -0.3 is 14.9 Å². The molecule has 2 aliphatic heterocycles. The third kappa shape index (κ3) is 1.41. The third-order valence-corrected chi connectivity index (χ3v) is 9.51. The Hall–Kier alpha value is -0.610. The molecule has 0 unspecified atom stereocenters. The molecule has 0 radical (unpaired) electrons. The Kier molecular flexibility index (Phi) is 2.73. The highest BCUT2D eigenvalue weighted by molar-refractivity contribution is 5.75. The molecule has 4 saturated carbocycles. The molecule has 6 fully saturated rings. The molecule has 24 heavy (non-hydrogen) atoms. The monoisotopic (exact) mass is 334 g/mol. The Labute approximate surface area is 144 Å². The maximum atomic E-state index is 12.1. The lowest BCUT2D eigenvalue weighted by molar-refractivity contribution is -0.271. The van der Waals surface area contributed by atoms with Crippen LogP contribution in [0, 0.1) is 34.0 Å². The quantitative estimate of drug-likeness (QED) is 0.773. The van der Waals surface area contributed by atoms with Crippen molar-refractivity contribution in [2.24, 2.45) is 34.0 Å². The fourth-order valence-electron chi connectivity index (χ4n) is 8.65. The second kappa shape index (κ2) is 4.20. The zero-order chi connectivity index (χ0) is 17.1. The highest BCUT2D eigenvalue weighted by Gasteiger charge is 2.78. The van der Waals surface area contributed by atoms with Gasteiger partial charge in [-0.3, -0.25) is 4.79 Å². The summed E-state index contributed by atoms with van der Waals surface area (Å²) in [5.41, 5.74) is -1.02. The van der Waals surface area contributed by atoms with E-state index in [2.05, 4.69) is 13.8 Å². The maximum absolute atomic E-state index is 12.1. The van der Waals surface area contributed by atoms with Gasteiger partial charge in [-0.25, -0.2) is 0 Å². The van der Waals surface area contributed by atoms with Gasteiger partial charge in [0.2, 0.25) is 0 Å². The molecule has 134 valence electrons. The first-order valence-corrected chi connectivity index (χ1v) is 9.78. The minimum atomic E-state index is -0.630. The molecule has 4 aliphatic carbocycles. The van der Waals surface area contributed by atoms with E-state index in [1.54, 1.807) is 0 Å². The Morgan fingerprint density at radius 3 is 2.58 bits per heavy atom. The van der Waals surface area contributed by atoms with Gasteiger partial charge in [0.1, 0.15) is 0 Å². The Morgan fingerprint density at radius 2 is 1.92 bits per heavy atom. The summed E-state index contributed by atoms with van der Waals surface area (Å²) in [6.07, 6.45) is 6.76. The Bertz CT molecular complexity index is 619. The van der Waals surface area contributed by atoms with Crippen LogP contribution in [-0.4, -0.2) is 34.0 Å². The molecular formula is C20H30O4. The first-order chi connectivity index (χ1) is 11.2. The first-order valence-electron chi connectivity index (χ1n) is 9.78. The lowest BCUT2D eigenvalue weighted by Gasteiger charge is -2.66. The van der Waals surface area contributed by atoms with Crippen LogP contribution in [0.25, 0.3) is 0 Å². The Balaban J connectivity index is 1.63. The van der Waals surface area contributed by atoms with Crippen LogP contribution in [0.15, 0.2) is 0 Å². The molecule has 0 aromatic rings. The summed E-state index contributed by atoms with van der Waals surface area (Å²) in [6, 6.07) is 0. The van der Waals surface area contributed by atoms with Crippen LogP contribution in [0.3, 0.4) is 0 Å². The molecular weight excluding hydrogens is 304 g/mol. The normalized spacial score (nSPS) is 63.9. The number of rotatable bonds is 1. The van der Waals surface area contributed by atoms with Gasteiger partial charge in [0.05, 0.1) is 23.2 Å². The average Bonchev–Trinajstić information content (AvgIpc) is 2.84. The number of aliphatic carboxylic acids is 1. The fraction of sp³-hybridized carbons (Fsp3) is 0.950. The zero-order valence-corrected chi connectivity index (χ0v) is 15.0. The molecule has 4 nitrogen and oxygen atoms in total. The second-order valence-electron chi connectivity index (χ2n) is 10.3. The molecule has 0 aromatic carbocycles. The van der Waals surface area contributed by atoms with Crippen LogP contribution in [0.5, 0.6) is 0 Å². The van der Waals surface area contributed by atoms with Crippen LogP contribution in [0.4, 0.5) is 0 Å². The average molecular weight is 334 g/mol. The predicted molar refractivity (Wildman–Crippen MR) is 88.4 cm³/mol. The standard InChI is InChI=1S/C20H30O4/c1-17-6-4-7-18(2,16(22)23)13(17)5-8-20-10-11-9-12(14(17)20)24-19(11,3)15(20)21/h11-15,21H,4-10H2,1-3H3,(H,22,23)/t11-,12-,13-,14-,15+,17+,18+,19+,20+/m0/s1. The van der Waals surface area contributed by atoms with Crippen molar-refractivity contribution < 1.29 is 19.7 Å². The molecule has 6 aliphatic rings. The zero-order valence-electron chi connectivity index (χ0n) is 15.0. The molecule has 9 atom stereocenters. The number of aliphatic hydroxyl groups excluding tert-OH is 1. The van der Waals surface area contributed by atoms with Crippen LogP contribution < -0.4 is 0 Å². The van der Waals surface area contributed by atoms with Gasteiger partial charge in [0, 0.05) is 5.41 Å². The number of ether oxygens (including phenoxy) is 1. The SMILES string of the molecule is C[C@@]12CCC[C@@](C)(C(=O)O)[C@H]1CC[C@]13C[C@@H]4C[C@H](O[C@@]4(C)[C@H]1O)[C@@H]23. The molecule has 2 N–H and O–H groups in total. The molecule has 0 aromatic heterocycles. The number of carbonyl (C=O) groups is 1. The fourth-order valence-corrected chi connectivity index (χ4v) is 8.65. The minimum absolute atomic E-state index is 0.0219. The van der Waals surface area contributed by atoms with E-state index in [1.807, 2.05) is 6.92 Å². The third-order valence-electron chi connectivity index (χ3n) is 9.51. The molecule has 1 spiro atoms. The van der Waals surface area contributed by atoms with Gasteiger partial charge in [-0.2, -0.15) is 0 Å². The van der Waals surface area contributed by atoms with Gasteiger partial charge in [-0.15, -0.1) is 0 Å². The molecule has 0 amide bonds. The number of hydrogen-bond acceptors (Lipinski definition) is 3. The van der Waals surface area contributed by atoms with Crippen molar-refractivity contribution in [2.75, 3.05) is 0 Å². The van der Waals surface area contributed by atoms with Gasteiger partial charge in [0.15, 0.2) is 0 Å². The van der Waals surface area contributed by atoms with E-state index < -0.39 is 11.4 Å². The van der Waals surface area contributed by atoms with E-state index in [4.69, 9.17) is 4.74 Å². The summed E-state index contributed by atoms with van der Waals surface area (Å²) >= 11 is 0. The van der Waals surface area contributed by atoms with Gasteiger partial charge in [-0.05, 0) is 75.5 Å². The van der Waals surface area contributed by atoms with Crippen LogP contribution >= 0.6 is 0 Å². The van der Waals surface area contributed by atoms with E-state index in [0.717, 1.165) is 44.9 Å². The van der Waals surface area contributed by atoms with Crippen molar-refractivity contribution in [3.8, 4) is 0 Å². The van der Waals surface area contributed by atoms with Gasteiger partial charge in [0.25, 0.3) is 0 Å². The maximum Gasteiger partial charge on any atom is 0.309 e. The summed E-state index contributed by atoms with van der Waals surface area (Å²) in [5.74, 6) is 0.383. The smallest absolute Gasteiger partial charge is 0.309 e. The van der Waals surface area contributed by atoms with E-state index >= 15 is 0 Å². The van der Waals surface area contributed by atoms with Gasteiger partial charge in [-0.1, -0.05) is 13.3 Å². The molecule has 4 heteroatoms. The summed E-state index contributed by atoms with van der Waals surface area (Å²) in [5, 5.41) is 21.2. The van der Waals surface area contributed by atoms with Crippen molar-refractivity contribution in [2.45, 2.75) is 83.5 Å². The summed E-state index contributed by atoms with van der Waals surface area (Å²) < 4.78 is 6.46. The van der Waals surface area contributed by atoms with Crippen LogP contribution in [-0.2, 0) is 9.53 Å². The highest BCUT2D eigenvalue weighted by atomic mass is 16.5. The minimum Gasteiger partial charge on any atom is -0.481 e. The van der Waals surface area contributed by atoms with Gasteiger partial charge >= 0.3 is 5.97 Å². The van der Waals surface area contributed by atoms with Crippen molar-refractivity contribution in [1.29, 1.82) is 0 Å². The van der Waals surface area contributed by atoms with Crippen molar-refractivity contribution >= 4 is 5.97 Å². The van der Waals surface area contributed by atoms with Crippen LogP contribution in [0.1, 0.15) is 65.7 Å². The highest BCUT2D eigenvalue weighted by Crippen LogP contribution is 2.76. The topological polar surface area (TPSA) is 66.8 Å². The first kappa shape index (κ1) is 15.6. The molecule has 2 heterocycles. The number of aliphatic hydroxyl groups is 1. The van der Waals surface area contributed by atoms with E-state index in [0.29, 0.717) is 11.8 Å². The van der Waals surface area contributed by atoms with Crippen molar-refractivity contribution in [3.05, 3.63) is 0 Å². The van der Waals surface area contributed by atoms with Crippen molar-refractivity contribution in [3.63, 3.8) is 0 Å². The molecule has 2 saturated heterocycles. The molecule has 4 bridgehead atoms.